The van der Waals surface area contributed by atoms with Crippen molar-refractivity contribution >= 4 is 13.2 Å². The van der Waals surface area contributed by atoms with Crippen LogP contribution in [0.2, 0.25) is 0 Å². The largest absolute Gasteiger partial charge is 0.0817 e. The lowest BCUT2D eigenvalue weighted by Crippen LogP contribution is -1.99. The van der Waals surface area contributed by atoms with Crippen LogP contribution in [0.25, 0.3) is 0 Å². The normalized spacial score (nSPS) is 10.5. The molecular weight excluding hydrogens is 151 g/mol. The third kappa shape index (κ3) is 2.31. The maximum atomic E-state index is 2.33. The van der Waals surface area contributed by atoms with E-state index in [4.69, 9.17) is 0 Å². The van der Waals surface area contributed by atoms with Crippen molar-refractivity contribution < 1.29 is 0 Å². The maximum Gasteiger partial charge on any atom is -0.0243 e. The number of benzene rings is 1. The van der Waals surface area contributed by atoms with E-state index in [9.17, 15) is 0 Å². The van der Waals surface area contributed by atoms with Gasteiger partial charge in [0.1, 0.15) is 0 Å². The van der Waals surface area contributed by atoms with Crippen LogP contribution < -0.4 is 5.30 Å². The van der Waals surface area contributed by atoms with Crippen LogP contribution in [0.3, 0.4) is 0 Å². The van der Waals surface area contributed by atoms with Crippen molar-refractivity contribution in [2.75, 3.05) is 13.3 Å². The van der Waals surface area contributed by atoms with Gasteiger partial charge in [0.25, 0.3) is 0 Å². The van der Waals surface area contributed by atoms with Gasteiger partial charge in [-0.25, -0.2) is 0 Å². The van der Waals surface area contributed by atoms with Gasteiger partial charge >= 0.3 is 0 Å². The van der Waals surface area contributed by atoms with Crippen molar-refractivity contribution in [1.29, 1.82) is 0 Å². The van der Waals surface area contributed by atoms with E-state index in [1.165, 1.54) is 10.9 Å². The molecule has 60 valence electrons. The van der Waals surface area contributed by atoms with Gasteiger partial charge < -0.3 is 0 Å². The molecule has 0 aliphatic carbocycles. The maximum absolute atomic E-state index is 2.33. The molecule has 0 aliphatic rings. The highest BCUT2D eigenvalue weighted by Crippen LogP contribution is 2.23. The zero-order chi connectivity index (χ0) is 8.27. The molecule has 0 nitrogen and oxygen atoms in total. The van der Waals surface area contributed by atoms with Gasteiger partial charge in [-0.3, -0.25) is 0 Å². The summed E-state index contributed by atoms with van der Waals surface area (Å²) in [7, 11) is 0.0825. The Hall–Kier alpha value is -0.350. The van der Waals surface area contributed by atoms with Crippen LogP contribution in [0.15, 0.2) is 24.3 Å². The zero-order valence-electron chi connectivity index (χ0n) is 7.46. The average Bonchev–Trinajstić information content (AvgIpc) is 2.05. The first-order valence-electron chi connectivity index (χ1n) is 4.00. The second kappa shape index (κ2) is 3.88. The van der Waals surface area contributed by atoms with Crippen LogP contribution in [-0.2, 0) is 6.42 Å². The molecule has 0 bridgehead atoms. The lowest BCUT2D eigenvalue weighted by atomic mass is 10.2. The summed E-state index contributed by atoms with van der Waals surface area (Å²) in [6.45, 7) is 6.79. The standard InChI is InChI=1S/C10H15P/c1-4-9-6-5-7-10(8-9)11(2)3/h5-8H,4H2,1-3H3. The summed E-state index contributed by atoms with van der Waals surface area (Å²) in [6.07, 6.45) is 1.15. The SMILES string of the molecule is CCc1cccc(P(C)C)c1. The number of rotatable bonds is 2. The zero-order valence-corrected chi connectivity index (χ0v) is 8.36. The molecule has 0 unspecified atom stereocenters. The van der Waals surface area contributed by atoms with E-state index < -0.39 is 0 Å². The Kier molecular flexibility index (Phi) is 3.08. The molecule has 1 aromatic rings. The number of hydrogen-bond acceptors (Lipinski definition) is 0. The summed E-state index contributed by atoms with van der Waals surface area (Å²) >= 11 is 0. The molecule has 0 aliphatic heterocycles. The summed E-state index contributed by atoms with van der Waals surface area (Å²) < 4.78 is 0. The van der Waals surface area contributed by atoms with Crippen molar-refractivity contribution in [1.82, 2.24) is 0 Å². The summed E-state index contributed by atoms with van der Waals surface area (Å²) in [6, 6.07) is 8.91. The summed E-state index contributed by atoms with van der Waals surface area (Å²) in [5, 5.41) is 1.51. The molecule has 1 rings (SSSR count). The Morgan fingerprint density at radius 3 is 2.55 bits per heavy atom. The van der Waals surface area contributed by atoms with Gasteiger partial charge in [-0.2, -0.15) is 0 Å². The van der Waals surface area contributed by atoms with E-state index in [2.05, 4.69) is 44.5 Å². The van der Waals surface area contributed by atoms with Crippen molar-refractivity contribution in [2.24, 2.45) is 0 Å². The Morgan fingerprint density at radius 2 is 2.00 bits per heavy atom. The van der Waals surface area contributed by atoms with Gasteiger partial charge in [-0.1, -0.05) is 39.1 Å². The Labute approximate surface area is 70.4 Å². The molecule has 11 heavy (non-hydrogen) atoms. The number of hydrogen-bond donors (Lipinski definition) is 0. The molecule has 0 amide bonds. The van der Waals surface area contributed by atoms with Gasteiger partial charge in [-0.05, 0) is 30.6 Å². The van der Waals surface area contributed by atoms with Crippen LogP contribution in [-0.4, -0.2) is 13.3 Å². The van der Waals surface area contributed by atoms with Gasteiger partial charge in [0, 0.05) is 0 Å². The van der Waals surface area contributed by atoms with Crippen LogP contribution in [0.4, 0.5) is 0 Å². The lowest BCUT2D eigenvalue weighted by Gasteiger charge is -2.06. The molecule has 0 fully saturated rings. The molecule has 0 saturated carbocycles. The molecule has 0 N–H and O–H groups in total. The second-order valence-corrected chi connectivity index (χ2v) is 5.22. The smallest absolute Gasteiger partial charge is 0.0243 e. The van der Waals surface area contributed by atoms with Crippen LogP contribution in [0.5, 0.6) is 0 Å². The minimum absolute atomic E-state index is 0.0825. The highest BCUT2D eigenvalue weighted by molar-refractivity contribution is 7.64. The minimum Gasteiger partial charge on any atom is -0.0817 e. The average molecular weight is 166 g/mol. The molecule has 1 aromatic carbocycles. The van der Waals surface area contributed by atoms with E-state index in [0.29, 0.717) is 0 Å². The highest BCUT2D eigenvalue weighted by Gasteiger charge is 1.97. The number of aryl methyl sites for hydroxylation is 1. The van der Waals surface area contributed by atoms with Gasteiger partial charge in [0.15, 0.2) is 0 Å². The first kappa shape index (κ1) is 8.74. The molecule has 0 atom stereocenters. The molecule has 0 radical (unpaired) electrons. The van der Waals surface area contributed by atoms with Gasteiger partial charge in [0.2, 0.25) is 0 Å². The first-order chi connectivity index (χ1) is 5.24. The van der Waals surface area contributed by atoms with Crippen molar-refractivity contribution in [3.63, 3.8) is 0 Å². The monoisotopic (exact) mass is 166 g/mol. The van der Waals surface area contributed by atoms with E-state index >= 15 is 0 Å². The summed E-state index contributed by atoms with van der Waals surface area (Å²) in [4.78, 5) is 0. The second-order valence-electron chi connectivity index (χ2n) is 2.92. The topological polar surface area (TPSA) is 0 Å². The fraction of sp³-hybridized carbons (Fsp3) is 0.400. The van der Waals surface area contributed by atoms with Gasteiger partial charge in [-0.15, -0.1) is 0 Å². The molecule has 1 heteroatoms. The van der Waals surface area contributed by atoms with Crippen LogP contribution in [0, 0.1) is 0 Å². The fourth-order valence-corrected chi connectivity index (χ4v) is 1.86. The van der Waals surface area contributed by atoms with E-state index in [-0.39, 0.29) is 7.92 Å². The predicted molar refractivity (Wildman–Crippen MR) is 54.2 cm³/mol. The molecular formula is C10H15P. The highest BCUT2D eigenvalue weighted by atomic mass is 31.1. The quantitative estimate of drug-likeness (QED) is 0.592. The van der Waals surface area contributed by atoms with E-state index in [1.54, 1.807) is 0 Å². The Bertz CT molecular complexity index is 228. The Morgan fingerprint density at radius 1 is 1.27 bits per heavy atom. The van der Waals surface area contributed by atoms with Crippen molar-refractivity contribution in [3.8, 4) is 0 Å². The molecule has 0 spiro atoms. The third-order valence-electron chi connectivity index (χ3n) is 1.84. The van der Waals surface area contributed by atoms with Crippen LogP contribution in [0.1, 0.15) is 12.5 Å². The Balaban J connectivity index is 2.91. The third-order valence-corrected chi connectivity index (χ3v) is 3.15. The lowest BCUT2D eigenvalue weighted by molar-refractivity contribution is 1.14. The van der Waals surface area contributed by atoms with Crippen LogP contribution >= 0.6 is 7.92 Å². The van der Waals surface area contributed by atoms with E-state index in [0.717, 1.165) is 6.42 Å². The van der Waals surface area contributed by atoms with Crippen molar-refractivity contribution in [2.45, 2.75) is 13.3 Å². The van der Waals surface area contributed by atoms with Gasteiger partial charge in [0.05, 0.1) is 0 Å². The van der Waals surface area contributed by atoms with Crippen molar-refractivity contribution in [3.05, 3.63) is 29.8 Å². The van der Waals surface area contributed by atoms with E-state index in [1.807, 2.05) is 0 Å². The fourth-order valence-electron chi connectivity index (χ4n) is 1.05. The minimum atomic E-state index is 0.0825. The first-order valence-corrected chi connectivity index (χ1v) is 6.24. The molecule has 0 aromatic heterocycles. The molecule has 0 saturated heterocycles. The summed E-state index contributed by atoms with van der Waals surface area (Å²) in [5.74, 6) is 0. The summed E-state index contributed by atoms with van der Waals surface area (Å²) in [5.41, 5.74) is 1.46. The predicted octanol–water partition coefficient (Wildman–Crippen LogP) is 2.62. The molecule has 0 heterocycles.